The maximum atomic E-state index is 14.0. The molecule has 1 saturated carbocycles. The summed E-state index contributed by atoms with van der Waals surface area (Å²) < 4.78 is 28.7. The molecular weight excluding hydrogens is 569 g/mol. The van der Waals surface area contributed by atoms with E-state index in [4.69, 9.17) is 23.2 Å². The van der Waals surface area contributed by atoms with Crippen molar-refractivity contribution >= 4 is 50.7 Å². The Hall–Kier alpha value is -3.07. The fraction of sp³-hybridized carbons (Fsp3) is 0.333. The van der Waals surface area contributed by atoms with Gasteiger partial charge in [0.15, 0.2) is 0 Å². The van der Waals surface area contributed by atoms with Crippen LogP contribution >= 0.6 is 23.2 Å². The molecule has 0 spiro atoms. The molecular formula is C30H33Cl2N3O4S. The van der Waals surface area contributed by atoms with E-state index in [-0.39, 0.29) is 29.1 Å². The van der Waals surface area contributed by atoms with Gasteiger partial charge in [-0.1, -0.05) is 78.9 Å². The number of carbonyl (C=O) groups is 2. The molecule has 1 aliphatic carbocycles. The maximum Gasteiger partial charge on any atom is 0.264 e. The van der Waals surface area contributed by atoms with Gasteiger partial charge in [0.25, 0.3) is 10.0 Å². The van der Waals surface area contributed by atoms with Gasteiger partial charge >= 0.3 is 0 Å². The van der Waals surface area contributed by atoms with Gasteiger partial charge in [-0.3, -0.25) is 13.9 Å². The summed E-state index contributed by atoms with van der Waals surface area (Å²) >= 11 is 12.2. The lowest BCUT2D eigenvalue weighted by atomic mass is 9.95. The van der Waals surface area contributed by atoms with Gasteiger partial charge in [-0.15, -0.1) is 0 Å². The lowest BCUT2D eigenvalue weighted by Crippen LogP contribution is -2.53. The molecule has 40 heavy (non-hydrogen) atoms. The van der Waals surface area contributed by atoms with Gasteiger partial charge in [-0.25, -0.2) is 8.42 Å². The highest BCUT2D eigenvalue weighted by molar-refractivity contribution is 7.92. The number of amides is 2. The van der Waals surface area contributed by atoms with Crippen molar-refractivity contribution in [1.82, 2.24) is 10.2 Å². The number of hydrogen-bond acceptors (Lipinski definition) is 4. The van der Waals surface area contributed by atoms with E-state index in [0.29, 0.717) is 10.0 Å². The minimum Gasteiger partial charge on any atom is -0.352 e. The number of sulfonamides is 1. The van der Waals surface area contributed by atoms with Gasteiger partial charge < -0.3 is 10.2 Å². The number of nitrogens with one attached hydrogen (secondary N) is 1. The van der Waals surface area contributed by atoms with Crippen LogP contribution in [0.25, 0.3) is 0 Å². The monoisotopic (exact) mass is 601 g/mol. The first-order valence-corrected chi connectivity index (χ1v) is 15.5. The molecule has 4 rings (SSSR count). The standard InChI is InChI=1S/C30H33Cl2N3O4S/c1-22(30(37)33-26-12-6-3-7-13-26)34(20-23-9-4-2-5-10-23)29(36)21-35(27-14-8-11-25(32)19-27)40(38,39)28-17-15-24(31)16-18-28/h2,4-5,8-11,14-19,22,26H,3,6-7,12-13,20-21H2,1H3,(H,33,37). The quantitative estimate of drug-likeness (QED) is 0.306. The van der Waals surface area contributed by atoms with Crippen LogP contribution in [-0.2, 0) is 26.2 Å². The molecule has 1 atom stereocenters. The van der Waals surface area contributed by atoms with Crippen LogP contribution < -0.4 is 9.62 Å². The van der Waals surface area contributed by atoms with E-state index in [1.54, 1.807) is 25.1 Å². The summed E-state index contributed by atoms with van der Waals surface area (Å²) in [6.07, 6.45) is 5.09. The smallest absolute Gasteiger partial charge is 0.264 e. The van der Waals surface area contributed by atoms with Crippen LogP contribution in [-0.4, -0.2) is 43.8 Å². The first-order chi connectivity index (χ1) is 19.1. The molecule has 1 N–H and O–H groups in total. The van der Waals surface area contributed by atoms with Crippen molar-refractivity contribution in [2.75, 3.05) is 10.8 Å². The van der Waals surface area contributed by atoms with Crippen molar-refractivity contribution in [2.45, 2.75) is 62.6 Å². The molecule has 0 aromatic heterocycles. The number of nitrogens with zero attached hydrogens (tertiary/aromatic N) is 2. The first kappa shape index (κ1) is 29.9. The van der Waals surface area contributed by atoms with E-state index in [1.165, 1.54) is 35.2 Å². The van der Waals surface area contributed by atoms with Crippen molar-refractivity contribution in [2.24, 2.45) is 0 Å². The Morgan fingerprint density at radius 3 is 2.23 bits per heavy atom. The molecule has 3 aromatic rings. The Kier molecular flexibility index (Phi) is 10.1. The Morgan fingerprint density at radius 1 is 0.900 bits per heavy atom. The van der Waals surface area contributed by atoms with Crippen LogP contribution in [0.5, 0.6) is 0 Å². The Balaban J connectivity index is 1.66. The van der Waals surface area contributed by atoms with Gasteiger partial charge in [0.1, 0.15) is 12.6 Å². The molecule has 0 aliphatic heterocycles. The molecule has 3 aromatic carbocycles. The largest absolute Gasteiger partial charge is 0.352 e. The number of rotatable bonds is 10. The lowest BCUT2D eigenvalue weighted by molar-refractivity contribution is -0.139. The highest BCUT2D eigenvalue weighted by Crippen LogP contribution is 2.27. The summed E-state index contributed by atoms with van der Waals surface area (Å²) in [6, 6.07) is 20.6. The third kappa shape index (κ3) is 7.56. The van der Waals surface area contributed by atoms with Crippen LogP contribution in [0, 0.1) is 0 Å². The fourth-order valence-corrected chi connectivity index (χ4v) is 6.54. The van der Waals surface area contributed by atoms with E-state index < -0.39 is 28.5 Å². The van der Waals surface area contributed by atoms with Crippen LogP contribution in [0.4, 0.5) is 5.69 Å². The van der Waals surface area contributed by atoms with Crippen LogP contribution in [0.15, 0.2) is 83.8 Å². The summed E-state index contributed by atoms with van der Waals surface area (Å²) in [6.45, 7) is 1.29. The van der Waals surface area contributed by atoms with Crippen molar-refractivity contribution < 1.29 is 18.0 Å². The third-order valence-electron chi connectivity index (χ3n) is 7.09. The summed E-state index contributed by atoms with van der Waals surface area (Å²) in [5, 5.41) is 3.81. The summed E-state index contributed by atoms with van der Waals surface area (Å²) in [7, 11) is -4.19. The van der Waals surface area contributed by atoms with Gasteiger partial charge in [0.2, 0.25) is 11.8 Å². The second-order valence-corrected chi connectivity index (χ2v) is 12.7. The van der Waals surface area contributed by atoms with E-state index >= 15 is 0 Å². The maximum absolute atomic E-state index is 14.0. The zero-order valence-electron chi connectivity index (χ0n) is 22.3. The second-order valence-electron chi connectivity index (χ2n) is 9.97. The van der Waals surface area contributed by atoms with Gasteiger partial charge in [-0.05, 0) is 67.8 Å². The zero-order chi connectivity index (χ0) is 28.7. The highest BCUT2D eigenvalue weighted by Gasteiger charge is 2.33. The lowest BCUT2D eigenvalue weighted by Gasteiger charge is -2.33. The number of carbonyl (C=O) groups excluding carboxylic acids is 2. The Bertz CT molecular complexity index is 1410. The number of hydrogen-bond donors (Lipinski definition) is 1. The normalized spacial score (nSPS) is 14.8. The van der Waals surface area contributed by atoms with Gasteiger partial charge in [-0.2, -0.15) is 0 Å². The van der Waals surface area contributed by atoms with Crippen molar-refractivity contribution in [3.05, 3.63) is 94.5 Å². The predicted molar refractivity (Wildman–Crippen MR) is 159 cm³/mol. The van der Waals surface area contributed by atoms with E-state index in [9.17, 15) is 18.0 Å². The molecule has 1 unspecified atom stereocenters. The fourth-order valence-electron chi connectivity index (χ4n) is 4.83. The van der Waals surface area contributed by atoms with Crippen LogP contribution in [0.1, 0.15) is 44.6 Å². The minimum atomic E-state index is -4.19. The second kappa shape index (κ2) is 13.5. The van der Waals surface area contributed by atoms with E-state index in [1.807, 2.05) is 30.3 Å². The van der Waals surface area contributed by atoms with Crippen LogP contribution in [0.3, 0.4) is 0 Å². The SMILES string of the molecule is CC(C(=O)NC1CCCCC1)N(Cc1ccccc1)C(=O)CN(c1cccc(Cl)c1)S(=O)(=O)c1ccc(Cl)cc1. The van der Waals surface area contributed by atoms with E-state index in [2.05, 4.69) is 5.32 Å². The molecule has 7 nitrogen and oxygen atoms in total. The highest BCUT2D eigenvalue weighted by atomic mass is 35.5. The topological polar surface area (TPSA) is 86.8 Å². The Labute approximate surface area is 246 Å². The number of anilines is 1. The number of benzene rings is 3. The van der Waals surface area contributed by atoms with E-state index in [0.717, 1.165) is 42.0 Å². The summed E-state index contributed by atoms with van der Waals surface area (Å²) in [5.41, 5.74) is 1.05. The molecule has 10 heteroatoms. The van der Waals surface area contributed by atoms with Gasteiger partial charge in [0.05, 0.1) is 10.6 Å². The molecule has 0 saturated heterocycles. The predicted octanol–water partition coefficient (Wildman–Crippen LogP) is 6.05. The van der Waals surface area contributed by atoms with Gasteiger partial charge in [0, 0.05) is 22.6 Å². The third-order valence-corrected chi connectivity index (χ3v) is 9.37. The molecule has 0 bridgehead atoms. The summed E-state index contributed by atoms with van der Waals surface area (Å²) in [4.78, 5) is 28.7. The molecule has 212 valence electrons. The molecule has 1 fully saturated rings. The minimum absolute atomic E-state index is 0.0256. The number of halogens is 2. The van der Waals surface area contributed by atoms with Crippen molar-refractivity contribution in [3.63, 3.8) is 0 Å². The van der Waals surface area contributed by atoms with Crippen molar-refractivity contribution in [3.8, 4) is 0 Å². The molecule has 0 heterocycles. The zero-order valence-corrected chi connectivity index (χ0v) is 24.6. The first-order valence-electron chi connectivity index (χ1n) is 13.3. The van der Waals surface area contributed by atoms with Crippen molar-refractivity contribution in [1.29, 1.82) is 0 Å². The Morgan fingerprint density at radius 2 is 1.57 bits per heavy atom. The average Bonchev–Trinajstić information content (AvgIpc) is 2.95. The van der Waals surface area contributed by atoms with Crippen LogP contribution in [0.2, 0.25) is 10.0 Å². The summed E-state index contributed by atoms with van der Waals surface area (Å²) in [5.74, 6) is -0.779. The molecule has 0 radical (unpaired) electrons. The average molecular weight is 603 g/mol. The molecule has 1 aliphatic rings. The molecule has 2 amide bonds.